The number of hydrogen-bond acceptors (Lipinski definition) is 2. The van der Waals surface area contributed by atoms with Crippen molar-refractivity contribution in [3.8, 4) is 0 Å². The molecule has 1 rings (SSSR count). The lowest BCUT2D eigenvalue weighted by atomic mass is 10.0. The summed E-state index contributed by atoms with van der Waals surface area (Å²) in [5, 5.41) is 18.6. The van der Waals surface area contributed by atoms with Gasteiger partial charge in [-0.1, -0.05) is 17.7 Å². The van der Waals surface area contributed by atoms with Gasteiger partial charge in [-0.05, 0) is 24.6 Å². The standard InChI is InChI=1S/C10H12ClFO2/c1-6(13)4-10(14)7-2-3-8(11)9(12)5-7/h2-3,5-6,10,13-14H,4H2,1H3/t6-,10-/m0/s1. The molecule has 0 aliphatic rings. The Hall–Kier alpha value is -0.640. The van der Waals surface area contributed by atoms with Crippen molar-refractivity contribution >= 4 is 11.6 Å². The fraction of sp³-hybridized carbons (Fsp3) is 0.400. The summed E-state index contributed by atoms with van der Waals surface area (Å²) in [7, 11) is 0. The maximum atomic E-state index is 13.0. The van der Waals surface area contributed by atoms with Crippen LogP contribution >= 0.6 is 11.6 Å². The lowest BCUT2D eigenvalue weighted by Crippen LogP contribution is -2.08. The fourth-order valence-corrected chi connectivity index (χ4v) is 1.30. The molecule has 0 radical (unpaired) electrons. The molecule has 1 aromatic rings. The maximum absolute atomic E-state index is 13.0. The van der Waals surface area contributed by atoms with Crippen LogP contribution in [0.3, 0.4) is 0 Å². The SMILES string of the molecule is C[C@H](O)C[C@H](O)c1ccc(Cl)c(F)c1. The number of hydrogen-bond donors (Lipinski definition) is 2. The Balaban J connectivity index is 2.80. The summed E-state index contributed by atoms with van der Waals surface area (Å²) in [5.74, 6) is -0.561. The molecule has 0 aliphatic carbocycles. The summed E-state index contributed by atoms with van der Waals surface area (Å²) in [6.07, 6.45) is -1.30. The minimum atomic E-state index is -0.859. The lowest BCUT2D eigenvalue weighted by Gasteiger charge is -2.12. The van der Waals surface area contributed by atoms with Crippen LogP contribution in [0.1, 0.15) is 25.0 Å². The van der Waals surface area contributed by atoms with E-state index in [0.29, 0.717) is 5.56 Å². The third-order valence-corrected chi connectivity index (χ3v) is 2.20. The van der Waals surface area contributed by atoms with E-state index in [1.165, 1.54) is 12.1 Å². The normalized spacial score (nSPS) is 15.2. The van der Waals surface area contributed by atoms with Gasteiger partial charge in [-0.15, -0.1) is 0 Å². The second-order valence-corrected chi connectivity index (χ2v) is 3.68. The van der Waals surface area contributed by atoms with Gasteiger partial charge in [-0.3, -0.25) is 0 Å². The Bertz CT molecular complexity index is 315. The molecule has 0 spiro atoms. The molecule has 2 atom stereocenters. The van der Waals surface area contributed by atoms with Gasteiger partial charge >= 0.3 is 0 Å². The molecular weight excluding hydrogens is 207 g/mol. The molecule has 0 fully saturated rings. The molecule has 0 unspecified atom stereocenters. The second-order valence-electron chi connectivity index (χ2n) is 3.27. The first-order valence-corrected chi connectivity index (χ1v) is 4.69. The van der Waals surface area contributed by atoms with Crippen molar-refractivity contribution in [1.82, 2.24) is 0 Å². The van der Waals surface area contributed by atoms with Gasteiger partial charge in [0.2, 0.25) is 0 Å². The van der Waals surface area contributed by atoms with Crippen LogP contribution in [-0.2, 0) is 0 Å². The van der Waals surface area contributed by atoms with E-state index in [0.717, 1.165) is 0 Å². The topological polar surface area (TPSA) is 40.5 Å². The van der Waals surface area contributed by atoms with Gasteiger partial charge in [0.1, 0.15) is 5.82 Å². The highest BCUT2D eigenvalue weighted by Gasteiger charge is 2.12. The number of benzene rings is 1. The number of aliphatic hydroxyl groups excluding tert-OH is 2. The van der Waals surface area contributed by atoms with Crippen molar-refractivity contribution < 1.29 is 14.6 Å². The minimum absolute atomic E-state index is 0.0259. The third kappa shape index (κ3) is 2.94. The summed E-state index contributed by atoms with van der Waals surface area (Å²) < 4.78 is 13.0. The van der Waals surface area contributed by atoms with Crippen molar-refractivity contribution in [2.24, 2.45) is 0 Å². The molecule has 0 aromatic heterocycles. The van der Waals surface area contributed by atoms with Gasteiger partial charge in [0.15, 0.2) is 0 Å². The van der Waals surface area contributed by atoms with E-state index in [2.05, 4.69) is 0 Å². The summed E-state index contributed by atoms with van der Waals surface area (Å²) >= 11 is 5.49. The molecule has 0 bridgehead atoms. The quantitative estimate of drug-likeness (QED) is 0.817. The van der Waals surface area contributed by atoms with Gasteiger partial charge < -0.3 is 10.2 Å². The van der Waals surface area contributed by atoms with Crippen LogP contribution in [0.25, 0.3) is 0 Å². The molecule has 0 amide bonds. The number of rotatable bonds is 3. The molecule has 1 aromatic carbocycles. The van der Waals surface area contributed by atoms with Crippen LogP contribution in [0.15, 0.2) is 18.2 Å². The predicted molar refractivity (Wildman–Crippen MR) is 52.7 cm³/mol. The Labute approximate surface area is 86.9 Å². The highest BCUT2D eigenvalue weighted by atomic mass is 35.5. The van der Waals surface area contributed by atoms with Gasteiger partial charge in [0.05, 0.1) is 17.2 Å². The smallest absolute Gasteiger partial charge is 0.142 e. The van der Waals surface area contributed by atoms with Crippen molar-refractivity contribution in [2.75, 3.05) is 0 Å². The van der Waals surface area contributed by atoms with Crippen molar-refractivity contribution in [2.45, 2.75) is 25.6 Å². The average molecular weight is 219 g/mol. The second kappa shape index (κ2) is 4.73. The van der Waals surface area contributed by atoms with E-state index in [1.807, 2.05) is 0 Å². The van der Waals surface area contributed by atoms with Crippen LogP contribution in [0.5, 0.6) is 0 Å². The Kier molecular flexibility index (Phi) is 3.86. The first-order valence-electron chi connectivity index (χ1n) is 4.31. The van der Waals surface area contributed by atoms with E-state index >= 15 is 0 Å². The van der Waals surface area contributed by atoms with Crippen LogP contribution in [0, 0.1) is 5.82 Å². The van der Waals surface area contributed by atoms with Gasteiger partial charge in [0.25, 0.3) is 0 Å². The Morgan fingerprint density at radius 2 is 2.07 bits per heavy atom. The molecule has 0 heterocycles. The minimum Gasteiger partial charge on any atom is -0.393 e. The van der Waals surface area contributed by atoms with Gasteiger partial charge in [0, 0.05) is 6.42 Å². The Morgan fingerprint density at radius 1 is 1.43 bits per heavy atom. The van der Waals surface area contributed by atoms with Crippen LogP contribution in [0.2, 0.25) is 5.02 Å². The average Bonchev–Trinajstić information content (AvgIpc) is 2.08. The first kappa shape index (κ1) is 11.4. The van der Waals surface area contributed by atoms with Gasteiger partial charge in [-0.2, -0.15) is 0 Å². The largest absolute Gasteiger partial charge is 0.393 e. The van der Waals surface area contributed by atoms with E-state index < -0.39 is 18.0 Å². The van der Waals surface area contributed by atoms with Gasteiger partial charge in [-0.25, -0.2) is 4.39 Å². The number of aliphatic hydroxyl groups is 2. The molecule has 78 valence electrons. The summed E-state index contributed by atoms with van der Waals surface area (Å²) in [5.41, 5.74) is 0.424. The summed E-state index contributed by atoms with van der Waals surface area (Å²) in [4.78, 5) is 0. The van der Waals surface area contributed by atoms with Crippen LogP contribution < -0.4 is 0 Å². The number of halogens is 2. The molecule has 0 saturated heterocycles. The zero-order valence-corrected chi connectivity index (χ0v) is 8.50. The van der Waals surface area contributed by atoms with E-state index in [9.17, 15) is 9.50 Å². The predicted octanol–water partition coefficient (Wildman–Crippen LogP) is 2.28. The zero-order valence-electron chi connectivity index (χ0n) is 7.74. The molecule has 2 nitrogen and oxygen atoms in total. The maximum Gasteiger partial charge on any atom is 0.142 e. The molecule has 0 saturated carbocycles. The highest BCUT2D eigenvalue weighted by Crippen LogP contribution is 2.22. The molecular formula is C10H12ClFO2. The zero-order chi connectivity index (χ0) is 10.7. The van der Waals surface area contributed by atoms with E-state index in [-0.39, 0.29) is 11.4 Å². The monoisotopic (exact) mass is 218 g/mol. The van der Waals surface area contributed by atoms with Crippen LogP contribution in [0.4, 0.5) is 4.39 Å². The van der Waals surface area contributed by atoms with E-state index in [4.69, 9.17) is 16.7 Å². The van der Waals surface area contributed by atoms with Crippen LogP contribution in [-0.4, -0.2) is 16.3 Å². The molecule has 4 heteroatoms. The molecule has 0 aliphatic heterocycles. The van der Waals surface area contributed by atoms with E-state index in [1.54, 1.807) is 13.0 Å². The lowest BCUT2D eigenvalue weighted by molar-refractivity contribution is 0.0905. The summed E-state index contributed by atoms with van der Waals surface area (Å²) in [6, 6.07) is 4.10. The van der Waals surface area contributed by atoms with Crippen molar-refractivity contribution in [3.05, 3.63) is 34.6 Å². The van der Waals surface area contributed by atoms with Crippen molar-refractivity contribution in [1.29, 1.82) is 0 Å². The first-order chi connectivity index (χ1) is 6.50. The molecule has 2 N–H and O–H groups in total. The Morgan fingerprint density at radius 3 is 2.57 bits per heavy atom. The van der Waals surface area contributed by atoms with Crippen molar-refractivity contribution in [3.63, 3.8) is 0 Å². The fourth-order valence-electron chi connectivity index (χ4n) is 1.18. The molecule has 14 heavy (non-hydrogen) atoms. The third-order valence-electron chi connectivity index (χ3n) is 1.89. The summed E-state index contributed by atoms with van der Waals surface area (Å²) in [6.45, 7) is 1.56. The highest BCUT2D eigenvalue weighted by molar-refractivity contribution is 6.30.